The van der Waals surface area contributed by atoms with Crippen molar-refractivity contribution in [3.05, 3.63) is 24.3 Å². The van der Waals surface area contributed by atoms with Gasteiger partial charge >= 0.3 is 0 Å². The lowest BCUT2D eigenvalue weighted by molar-refractivity contribution is -0.114. The number of carbonyl (C=O) groups excluding carboxylic acids is 1. The van der Waals surface area contributed by atoms with Crippen molar-refractivity contribution in [1.82, 2.24) is 4.31 Å². The third-order valence-electron chi connectivity index (χ3n) is 3.09. The Morgan fingerprint density at radius 3 is 2.67 bits per heavy atom. The van der Waals surface area contributed by atoms with E-state index < -0.39 is 10.0 Å². The molecule has 1 aromatic carbocycles. The predicted molar refractivity (Wildman–Crippen MR) is 83.0 cm³/mol. The zero-order chi connectivity index (χ0) is 15.5. The molecule has 21 heavy (non-hydrogen) atoms. The highest BCUT2D eigenvalue weighted by atomic mass is 79.9. The highest BCUT2D eigenvalue weighted by molar-refractivity contribution is 9.09. The summed E-state index contributed by atoms with van der Waals surface area (Å²) in [6.07, 6.45) is -0.132. The quantitative estimate of drug-likeness (QED) is 0.806. The SMILES string of the molecule is CC(=O)Nc1ccc(S(=O)(=O)N2CCOC(CBr)C2)cc1. The smallest absolute Gasteiger partial charge is 0.243 e. The van der Waals surface area contributed by atoms with Crippen LogP contribution in [0.25, 0.3) is 0 Å². The summed E-state index contributed by atoms with van der Waals surface area (Å²) >= 11 is 3.31. The van der Waals surface area contributed by atoms with Gasteiger partial charge in [0.1, 0.15) is 0 Å². The van der Waals surface area contributed by atoms with Gasteiger partial charge in [0.15, 0.2) is 0 Å². The van der Waals surface area contributed by atoms with E-state index in [-0.39, 0.29) is 16.9 Å². The molecule has 1 N–H and O–H groups in total. The van der Waals surface area contributed by atoms with Gasteiger partial charge in [-0.25, -0.2) is 8.42 Å². The summed E-state index contributed by atoms with van der Waals surface area (Å²) in [5.74, 6) is -0.195. The number of nitrogens with zero attached hydrogens (tertiary/aromatic N) is 1. The van der Waals surface area contributed by atoms with Crippen molar-refractivity contribution in [3.8, 4) is 0 Å². The third-order valence-corrected chi connectivity index (χ3v) is 5.69. The van der Waals surface area contributed by atoms with Crippen molar-refractivity contribution < 1.29 is 17.9 Å². The number of alkyl halides is 1. The molecule has 6 nitrogen and oxygen atoms in total. The van der Waals surface area contributed by atoms with Crippen molar-refractivity contribution in [2.24, 2.45) is 0 Å². The molecule has 1 unspecified atom stereocenters. The summed E-state index contributed by atoms with van der Waals surface area (Å²) in [7, 11) is -3.53. The van der Waals surface area contributed by atoms with E-state index in [1.165, 1.54) is 23.4 Å². The Kier molecular flexibility index (Phi) is 5.37. The van der Waals surface area contributed by atoms with Crippen LogP contribution in [-0.2, 0) is 19.6 Å². The highest BCUT2D eigenvalue weighted by Crippen LogP contribution is 2.21. The first kappa shape index (κ1) is 16.4. The minimum Gasteiger partial charge on any atom is -0.375 e. The molecule has 0 radical (unpaired) electrons. The zero-order valence-electron chi connectivity index (χ0n) is 11.6. The van der Waals surface area contributed by atoms with E-state index in [4.69, 9.17) is 4.74 Å². The largest absolute Gasteiger partial charge is 0.375 e. The van der Waals surface area contributed by atoms with E-state index in [1.54, 1.807) is 12.1 Å². The molecule has 2 rings (SSSR count). The fourth-order valence-corrected chi connectivity index (χ4v) is 3.91. The maximum absolute atomic E-state index is 12.5. The lowest BCUT2D eigenvalue weighted by Gasteiger charge is -2.31. The molecule has 0 saturated carbocycles. The summed E-state index contributed by atoms with van der Waals surface area (Å²) < 4.78 is 32.0. The second kappa shape index (κ2) is 6.87. The summed E-state index contributed by atoms with van der Waals surface area (Å²) in [4.78, 5) is 11.2. The average molecular weight is 377 g/mol. The molecule has 1 amide bonds. The van der Waals surface area contributed by atoms with Crippen LogP contribution in [0, 0.1) is 0 Å². The van der Waals surface area contributed by atoms with Crippen LogP contribution in [0.4, 0.5) is 5.69 Å². The Morgan fingerprint density at radius 2 is 2.10 bits per heavy atom. The molecule has 1 fully saturated rings. The predicted octanol–water partition coefficient (Wildman–Crippen LogP) is 1.43. The first-order valence-electron chi connectivity index (χ1n) is 6.49. The van der Waals surface area contributed by atoms with E-state index in [0.717, 1.165) is 0 Å². The van der Waals surface area contributed by atoms with Crippen LogP contribution >= 0.6 is 15.9 Å². The van der Waals surface area contributed by atoms with Crippen LogP contribution in [0.5, 0.6) is 0 Å². The van der Waals surface area contributed by atoms with Gasteiger partial charge in [-0.1, -0.05) is 15.9 Å². The maximum atomic E-state index is 12.5. The van der Waals surface area contributed by atoms with E-state index >= 15 is 0 Å². The Bertz CT molecular complexity index is 603. The number of morpholine rings is 1. The van der Waals surface area contributed by atoms with Gasteiger partial charge in [0.2, 0.25) is 15.9 Å². The van der Waals surface area contributed by atoms with Crippen molar-refractivity contribution in [2.45, 2.75) is 17.9 Å². The number of hydrogen-bond acceptors (Lipinski definition) is 4. The summed E-state index contributed by atoms with van der Waals surface area (Å²) in [5.41, 5.74) is 0.571. The lowest BCUT2D eigenvalue weighted by atomic mass is 10.3. The fourth-order valence-electron chi connectivity index (χ4n) is 2.07. The van der Waals surface area contributed by atoms with E-state index in [9.17, 15) is 13.2 Å². The molecule has 0 spiro atoms. The molecule has 1 aliphatic heterocycles. The van der Waals surface area contributed by atoms with Crippen LogP contribution in [0.3, 0.4) is 0 Å². The number of carbonyl (C=O) groups is 1. The molecule has 1 atom stereocenters. The molecule has 0 aromatic heterocycles. The molecular formula is C13H17BrN2O4S. The number of halogens is 1. The molecule has 0 bridgehead atoms. The fraction of sp³-hybridized carbons (Fsp3) is 0.462. The number of amides is 1. The normalized spacial score (nSPS) is 20.2. The Labute approximate surface area is 132 Å². The molecular weight excluding hydrogens is 360 g/mol. The Morgan fingerprint density at radius 1 is 1.43 bits per heavy atom. The number of anilines is 1. The zero-order valence-corrected chi connectivity index (χ0v) is 14.0. The minimum atomic E-state index is -3.53. The maximum Gasteiger partial charge on any atom is 0.243 e. The topological polar surface area (TPSA) is 75.7 Å². The molecule has 1 aliphatic rings. The Hall–Kier alpha value is -0.960. The van der Waals surface area contributed by atoms with Gasteiger partial charge < -0.3 is 10.1 Å². The van der Waals surface area contributed by atoms with Crippen LogP contribution in [0.1, 0.15) is 6.92 Å². The van der Waals surface area contributed by atoms with Gasteiger partial charge in [-0.05, 0) is 24.3 Å². The van der Waals surface area contributed by atoms with Gasteiger partial charge in [-0.2, -0.15) is 4.31 Å². The van der Waals surface area contributed by atoms with E-state index in [2.05, 4.69) is 21.2 Å². The van der Waals surface area contributed by atoms with Crippen LogP contribution in [0.15, 0.2) is 29.2 Å². The average Bonchev–Trinajstić information content (AvgIpc) is 2.47. The number of nitrogens with one attached hydrogen (secondary N) is 1. The molecule has 1 aromatic rings. The monoisotopic (exact) mass is 376 g/mol. The van der Waals surface area contributed by atoms with Crippen LogP contribution in [-0.4, -0.2) is 49.8 Å². The van der Waals surface area contributed by atoms with Gasteiger partial charge in [0, 0.05) is 31.0 Å². The molecule has 116 valence electrons. The first-order chi connectivity index (χ1) is 9.93. The molecule has 1 heterocycles. The summed E-state index contributed by atoms with van der Waals surface area (Å²) in [5, 5.41) is 3.20. The molecule has 1 saturated heterocycles. The summed E-state index contributed by atoms with van der Waals surface area (Å²) in [6.45, 7) is 2.47. The minimum absolute atomic E-state index is 0.132. The lowest BCUT2D eigenvalue weighted by Crippen LogP contribution is -2.46. The third kappa shape index (κ3) is 4.03. The van der Waals surface area contributed by atoms with E-state index in [1.807, 2.05) is 0 Å². The summed E-state index contributed by atoms with van der Waals surface area (Å²) in [6, 6.07) is 6.16. The number of sulfonamides is 1. The van der Waals surface area contributed by atoms with Crippen LogP contribution in [0.2, 0.25) is 0 Å². The highest BCUT2D eigenvalue weighted by Gasteiger charge is 2.30. The number of rotatable bonds is 4. The second-order valence-electron chi connectivity index (χ2n) is 4.72. The van der Waals surface area contributed by atoms with Gasteiger partial charge in [-0.15, -0.1) is 0 Å². The van der Waals surface area contributed by atoms with Gasteiger partial charge in [-0.3, -0.25) is 4.79 Å². The number of ether oxygens (including phenoxy) is 1. The standard InChI is InChI=1S/C13H17BrN2O4S/c1-10(17)15-11-2-4-13(5-3-11)21(18,19)16-6-7-20-12(8-14)9-16/h2-5,12H,6-9H2,1H3,(H,15,17). The second-order valence-corrected chi connectivity index (χ2v) is 7.30. The first-order valence-corrected chi connectivity index (χ1v) is 9.05. The molecule has 0 aliphatic carbocycles. The van der Waals surface area contributed by atoms with Gasteiger partial charge in [0.25, 0.3) is 0 Å². The molecule has 8 heteroatoms. The Balaban J connectivity index is 2.17. The van der Waals surface area contributed by atoms with Crippen LogP contribution < -0.4 is 5.32 Å². The number of hydrogen-bond donors (Lipinski definition) is 1. The van der Waals surface area contributed by atoms with Crippen molar-refractivity contribution >= 4 is 37.5 Å². The van der Waals surface area contributed by atoms with Crippen molar-refractivity contribution in [3.63, 3.8) is 0 Å². The van der Waals surface area contributed by atoms with Crippen molar-refractivity contribution in [1.29, 1.82) is 0 Å². The van der Waals surface area contributed by atoms with Crippen molar-refractivity contribution in [2.75, 3.05) is 30.3 Å². The number of benzene rings is 1. The van der Waals surface area contributed by atoms with E-state index in [0.29, 0.717) is 30.7 Å². The van der Waals surface area contributed by atoms with Gasteiger partial charge in [0.05, 0.1) is 17.6 Å².